The van der Waals surface area contributed by atoms with Gasteiger partial charge in [0, 0.05) is 20.4 Å². The van der Waals surface area contributed by atoms with E-state index in [0.717, 1.165) is 4.57 Å². The number of anilines is 1. The first-order valence-electron chi connectivity index (χ1n) is 7.33. The van der Waals surface area contributed by atoms with Crippen molar-refractivity contribution in [1.29, 1.82) is 0 Å². The van der Waals surface area contributed by atoms with Gasteiger partial charge in [-0.25, -0.2) is 9.18 Å². The van der Waals surface area contributed by atoms with Gasteiger partial charge in [-0.15, -0.1) is 11.6 Å². The summed E-state index contributed by atoms with van der Waals surface area (Å²) >= 11 is 5.91. The number of aliphatic hydroxyl groups excluding tert-OH is 1. The van der Waals surface area contributed by atoms with Crippen molar-refractivity contribution in [1.82, 2.24) is 9.55 Å². The van der Waals surface area contributed by atoms with E-state index in [4.69, 9.17) is 31.1 Å². The molecule has 0 spiro atoms. The Bertz CT molecular complexity index is 713. The largest absolute Gasteiger partial charge is 0.387 e. The molecule has 0 aliphatic carbocycles. The summed E-state index contributed by atoms with van der Waals surface area (Å²) in [4.78, 5) is 15.4. The van der Waals surface area contributed by atoms with Gasteiger partial charge in [-0.1, -0.05) is 0 Å². The number of nitrogens with zero attached hydrogens (tertiary/aromatic N) is 2. The van der Waals surface area contributed by atoms with Gasteiger partial charge in [-0.2, -0.15) is 4.98 Å². The van der Waals surface area contributed by atoms with Crippen molar-refractivity contribution in [2.75, 3.05) is 32.0 Å². The van der Waals surface area contributed by atoms with Crippen LogP contribution in [0.25, 0.3) is 0 Å². The lowest BCUT2D eigenvalue weighted by Crippen LogP contribution is -2.44. The molecule has 9 nitrogen and oxygen atoms in total. The minimum absolute atomic E-state index is 0.0278. The summed E-state index contributed by atoms with van der Waals surface area (Å²) in [6, 6.07) is 1.30. The smallest absolute Gasteiger partial charge is 0.351 e. The fourth-order valence-electron chi connectivity index (χ4n) is 2.62. The molecule has 1 fully saturated rings. The molecule has 2 rings (SSSR count). The number of nitrogens with two attached hydrogens (primary N) is 1. The molecule has 2 heterocycles. The van der Waals surface area contributed by atoms with Crippen LogP contribution in [0.5, 0.6) is 0 Å². The predicted octanol–water partition coefficient (Wildman–Crippen LogP) is 0.907. The Hall–Kier alpha value is -1.03. The number of alkyl halides is 2. The Morgan fingerprint density at radius 1 is 1.56 bits per heavy atom. The Kier molecular flexibility index (Phi) is 6.24. The normalized spacial score (nSPS) is 29.9. The van der Waals surface area contributed by atoms with Crippen LogP contribution in [0.2, 0.25) is 0 Å². The van der Waals surface area contributed by atoms with Gasteiger partial charge in [0.1, 0.15) is 17.5 Å². The monoisotopic (exact) mass is 399 g/mol. The minimum atomic E-state index is -3.41. The highest BCUT2D eigenvalue weighted by Crippen LogP contribution is 2.50. The second-order valence-electron chi connectivity index (χ2n) is 5.59. The Morgan fingerprint density at radius 3 is 2.72 bits per heavy atom. The van der Waals surface area contributed by atoms with E-state index in [1.807, 2.05) is 0 Å². The van der Waals surface area contributed by atoms with Crippen LogP contribution in [0.15, 0.2) is 17.1 Å². The lowest BCUT2D eigenvalue weighted by atomic mass is 9.95. The minimum Gasteiger partial charge on any atom is -0.387 e. The van der Waals surface area contributed by atoms with Crippen molar-refractivity contribution < 1.29 is 27.8 Å². The average molecular weight is 400 g/mol. The topological polar surface area (TPSA) is 126 Å². The zero-order chi connectivity index (χ0) is 18.8. The van der Waals surface area contributed by atoms with Gasteiger partial charge >= 0.3 is 13.3 Å². The van der Waals surface area contributed by atoms with Crippen LogP contribution >= 0.6 is 19.2 Å². The van der Waals surface area contributed by atoms with Crippen molar-refractivity contribution in [2.45, 2.75) is 30.5 Å². The number of rotatable bonds is 7. The zero-order valence-corrected chi connectivity index (χ0v) is 15.3. The molecule has 25 heavy (non-hydrogen) atoms. The standard InChI is InChI=1S/C13H20ClFN3O6P/c1-22-25(21,23-2)6-4-13(7-14)10(19)9(15)11(24-13)18-5-3-8(16)17-12(18)20/h3,5,9-11,19H,4,6-7H2,1-2H3,(H2,16,17,20)/t9?,10-,11+,13-/m0/s1. The van der Waals surface area contributed by atoms with Gasteiger partial charge in [0.15, 0.2) is 12.4 Å². The van der Waals surface area contributed by atoms with Gasteiger partial charge < -0.3 is 24.6 Å². The first kappa shape index (κ1) is 20.3. The summed E-state index contributed by atoms with van der Waals surface area (Å²) in [6.07, 6.45) is -4.09. The maximum Gasteiger partial charge on any atom is 0.351 e. The molecule has 1 aliphatic heterocycles. The lowest BCUT2D eigenvalue weighted by molar-refractivity contribution is -0.0920. The lowest BCUT2D eigenvalue weighted by Gasteiger charge is -2.30. The van der Waals surface area contributed by atoms with Crippen LogP contribution in [0.1, 0.15) is 12.6 Å². The molecule has 0 aromatic carbocycles. The van der Waals surface area contributed by atoms with E-state index in [9.17, 15) is 18.9 Å². The van der Waals surface area contributed by atoms with E-state index in [-0.39, 0.29) is 24.3 Å². The third kappa shape index (κ3) is 3.89. The van der Waals surface area contributed by atoms with E-state index < -0.39 is 37.4 Å². The molecule has 0 radical (unpaired) electrons. The van der Waals surface area contributed by atoms with Gasteiger partial charge in [-0.05, 0) is 12.5 Å². The van der Waals surface area contributed by atoms with Crippen molar-refractivity contribution in [3.63, 3.8) is 0 Å². The van der Waals surface area contributed by atoms with E-state index in [2.05, 4.69) is 4.98 Å². The summed E-state index contributed by atoms with van der Waals surface area (Å²) in [5.74, 6) is -0.324. The van der Waals surface area contributed by atoms with Gasteiger partial charge in [0.05, 0.1) is 12.0 Å². The molecule has 0 saturated carbocycles. The summed E-state index contributed by atoms with van der Waals surface area (Å²) in [5.41, 5.74) is 3.01. The van der Waals surface area contributed by atoms with Gasteiger partial charge in [0.25, 0.3) is 0 Å². The number of nitrogen functional groups attached to an aromatic ring is 1. The highest BCUT2D eigenvalue weighted by Gasteiger charge is 2.56. The van der Waals surface area contributed by atoms with Crippen LogP contribution in [0, 0.1) is 0 Å². The number of hydrogen-bond acceptors (Lipinski definition) is 8. The fraction of sp³-hybridized carbons (Fsp3) is 0.692. The molecule has 12 heteroatoms. The average Bonchev–Trinajstić information content (AvgIpc) is 2.85. The molecular weight excluding hydrogens is 380 g/mol. The molecule has 0 bridgehead atoms. The molecule has 1 aromatic heterocycles. The van der Waals surface area contributed by atoms with E-state index in [1.165, 1.54) is 26.5 Å². The molecule has 1 aliphatic rings. The number of ether oxygens (including phenoxy) is 1. The number of hydrogen-bond donors (Lipinski definition) is 2. The summed E-state index contributed by atoms with van der Waals surface area (Å²) in [7, 11) is -0.989. The van der Waals surface area contributed by atoms with Crippen LogP contribution in [-0.2, 0) is 18.3 Å². The highest BCUT2D eigenvalue weighted by atomic mass is 35.5. The quantitative estimate of drug-likeness (QED) is 0.511. The molecule has 0 amide bonds. The predicted molar refractivity (Wildman–Crippen MR) is 88.5 cm³/mol. The SMILES string of the molecule is COP(=O)(CC[C@@]1(CCl)O[C@@H](n2ccc(N)nc2=O)C(F)[C@@H]1O)OC. The summed E-state index contributed by atoms with van der Waals surface area (Å²) < 4.78 is 43.0. The molecule has 142 valence electrons. The van der Waals surface area contributed by atoms with Gasteiger partial charge in [-0.3, -0.25) is 9.13 Å². The second-order valence-corrected chi connectivity index (χ2v) is 8.25. The van der Waals surface area contributed by atoms with Crippen molar-refractivity contribution in [3.8, 4) is 0 Å². The maximum atomic E-state index is 14.6. The van der Waals surface area contributed by atoms with Crippen molar-refractivity contribution in [2.24, 2.45) is 0 Å². The van der Waals surface area contributed by atoms with Gasteiger partial charge in [0.2, 0.25) is 0 Å². The highest BCUT2D eigenvalue weighted by molar-refractivity contribution is 7.53. The van der Waals surface area contributed by atoms with Crippen molar-refractivity contribution in [3.05, 3.63) is 22.7 Å². The first-order valence-corrected chi connectivity index (χ1v) is 9.59. The molecule has 1 unspecified atom stereocenters. The molecular formula is C13H20ClFN3O6P. The molecule has 1 aromatic rings. The molecule has 3 N–H and O–H groups in total. The molecule has 1 saturated heterocycles. The number of aliphatic hydroxyl groups is 1. The summed E-state index contributed by atoms with van der Waals surface area (Å²) in [5, 5.41) is 10.3. The van der Waals surface area contributed by atoms with Crippen molar-refractivity contribution >= 4 is 25.0 Å². The summed E-state index contributed by atoms with van der Waals surface area (Å²) in [6.45, 7) is 0. The number of halogens is 2. The number of aromatic nitrogens is 2. The third-order valence-corrected chi connectivity index (χ3v) is 6.52. The van der Waals surface area contributed by atoms with Crippen LogP contribution in [0.4, 0.5) is 10.2 Å². The zero-order valence-electron chi connectivity index (χ0n) is 13.7. The first-order chi connectivity index (χ1) is 11.7. The van der Waals surface area contributed by atoms with Crippen LogP contribution < -0.4 is 11.4 Å². The Balaban J connectivity index is 2.29. The maximum absolute atomic E-state index is 14.6. The fourth-order valence-corrected chi connectivity index (χ4v) is 4.14. The van der Waals surface area contributed by atoms with E-state index in [0.29, 0.717) is 0 Å². The molecule has 4 atom stereocenters. The second kappa shape index (κ2) is 7.69. The van der Waals surface area contributed by atoms with Crippen LogP contribution in [0.3, 0.4) is 0 Å². The van der Waals surface area contributed by atoms with E-state index in [1.54, 1.807) is 0 Å². The third-order valence-electron chi connectivity index (χ3n) is 4.19. The van der Waals surface area contributed by atoms with E-state index >= 15 is 0 Å². The Morgan fingerprint density at radius 2 is 2.20 bits per heavy atom. The Labute approximate surface area is 148 Å². The van der Waals surface area contributed by atoms with Crippen LogP contribution in [-0.4, -0.2) is 58.8 Å².